The largest absolute Gasteiger partial charge is 0.353 e. The number of nitrogens with one attached hydrogen (secondary N) is 1. The molecule has 1 fully saturated rings. The SMILES string of the molecule is CC(c1nnc(SCC(=O)NC2CC2)n1-c1ccc(Cl)cc1)N(C)C. The van der Waals surface area contributed by atoms with Crippen LogP contribution in [0.3, 0.4) is 0 Å². The van der Waals surface area contributed by atoms with Crippen molar-refractivity contribution in [2.24, 2.45) is 0 Å². The number of carbonyl (C=O) groups excluding carboxylic acids is 1. The van der Waals surface area contributed by atoms with Gasteiger partial charge in [0.1, 0.15) is 0 Å². The highest BCUT2D eigenvalue weighted by atomic mass is 35.5. The van der Waals surface area contributed by atoms with E-state index in [1.165, 1.54) is 11.8 Å². The first-order valence-electron chi connectivity index (χ1n) is 8.25. The first kappa shape index (κ1) is 18.2. The molecule has 134 valence electrons. The van der Waals surface area contributed by atoms with E-state index in [9.17, 15) is 4.79 Å². The Morgan fingerprint density at radius 2 is 2.04 bits per heavy atom. The highest BCUT2D eigenvalue weighted by Gasteiger charge is 2.25. The Kier molecular flexibility index (Phi) is 5.66. The van der Waals surface area contributed by atoms with Crippen molar-refractivity contribution in [3.63, 3.8) is 0 Å². The smallest absolute Gasteiger partial charge is 0.230 e. The molecule has 0 radical (unpaired) electrons. The molecule has 2 aromatic rings. The Balaban J connectivity index is 1.85. The minimum Gasteiger partial charge on any atom is -0.353 e. The molecular weight excluding hydrogens is 358 g/mol. The molecule has 1 N–H and O–H groups in total. The van der Waals surface area contributed by atoms with Crippen LogP contribution in [0.1, 0.15) is 31.6 Å². The maximum atomic E-state index is 12.0. The number of rotatable bonds is 7. The molecule has 0 spiro atoms. The third-order valence-corrected chi connectivity index (χ3v) is 5.35. The summed E-state index contributed by atoms with van der Waals surface area (Å²) < 4.78 is 2.00. The van der Waals surface area contributed by atoms with E-state index in [1.54, 1.807) is 0 Å². The number of carbonyl (C=O) groups is 1. The molecule has 1 unspecified atom stereocenters. The average Bonchev–Trinajstić information content (AvgIpc) is 3.29. The van der Waals surface area contributed by atoms with Crippen molar-refractivity contribution in [2.45, 2.75) is 37.0 Å². The number of hydrogen-bond acceptors (Lipinski definition) is 5. The number of hydrogen-bond donors (Lipinski definition) is 1. The van der Waals surface area contributed by atoms with Crippen LogP contribution < -0.4 is 5.32 Å². The van der Waals surface area contributed by atoms with Crippen molar-refractivity contribution in [3.8, 4) is 5.69 Å². The van der Waals surface area contributed by atoms with Crippen LogP contribution >= 0.6 is 23.4 Å². The van der Waals surface area contributed by atoms with E-state index in [-0.39, 0.29) is 11.9 Å². The van der Waals surface area contributed by atoms with Crippen molar-refractivity contribution in [3.05, 3.63) is 35.1 Å². The van der Waals surface area contributed by atoms with Crippen LogP contribution in [-0.2, 0) is 4.79 Å². The fourth-order valence-corrected chi connectivity index (χ4v) is 3.23. The highest BCUT2D eigenvalue weighted by Crippen LogP contribution is 2.27. The number of halogens is 1. The maximum absolute atomic E-state index is 12.0. The van der Waals surface area contributed by atoms with E-state index >= 15 is 0 Å². The Labute approximate surface area is 156 Å². The molecule has 1 heterocycles. The molecular formula is C17H22ClN5OS. The standard InChI is InChI=1S/C17H22ClN5OS/c1-11(22(2)3)16-20-21-17(25-10-15(24)19-13-6-7-13)23(16)14-8-4-12(18)5-9-14/h4-5,8-9,11,13H,6-7,10H2,1-3H3,(H,19,24). The zero-order chi connectivity index (χ0) is 18.0. The van der Waals surface area contributed by atoms with Crippen LogP contribution in [0.4, 0.5) is 0 Å². The summed E-state index contributed by atoms with van der Waals surface area (Å²) in [4.78, 5) is 14.1. The van der Waals surface area contributed by atoms with Gasteiger partial charge in [-0.3, -0.25) is 14.3 Å². The summed E-state index contributed by atoms with van der Waals surface area (Å²) in [6.07, 6.45) is 2.17. The second-order valence-electron chi connectivity index (χ2n) is 6.42. The maximum Gasteiger partial charge on any atom is 0.230 e. The summed E-state index contributed by atoms with van der Waals surface area (Å²) in [6.45, 7) is 2.07. The van der Waals surface area contributed by atoms with E-state index in [0.29, 0.717) is 22.0 Å². The van der Waals surface area contributed by atoms with E-state index in [1.807, 2.05) is 42.9 Å². The molecule has 1 aromatic carbocycles. The van der Waals surface area contributed by atoms with Gasteiger partial charge in [0.05, 0.1) is 11.8 Å². The molecule has 1 atom stereocenters. The Morgan fingerprint density at radius 1 is 1.36 bits per heavy atom. The van der Waals surface area contributed by atoms with Crippen LogP contribution in [0.25, 0.3) is 5.69 Å². The molecule has 6 nitrogen and oxygen atoms in total. The van der Waals surface area contributed by atoms with Gasteiger partial charge in [0, 0.05) is 16.8 Å². The second-order valence-corrected chi connectivity index (χ2v) is 7.80. The van der Waals surface area contributed by atoms with Gasteiger partial charge >= 0.3 is 0 Å². The zero-order valence-electron chi connectivity index (χ0n) is 14.6. The van der Waals surface area contributed by atoms with Crippen LogP contribution in [0.15, 0.2) is 29.4 Å². The van der Waals surface area contributed by atoms with Gasteiger partial charge in [-0.2, -0.15) is 0 Å². The Hall–Kier alpha value is -1.57. The lowest BCUT2D eigenvalue weighted by Gasteiger charge is -2.20. The van der Waals surface area contributed by atoms with E-state index in [4.69, 9.17) is 11.6 Å². The van der Waals surface area contributed by atoms with E-state index in [0.717, 1.165) is 24.4 Å². The van der Waals surface area contributed by atoms with Gasteiger partial charge in [-0.25, -0.2) is 0 Å². The number of thioether (sulfide) groups is 1. The fraction of sp³-hybridized carbons (Fsp3) is 0.471. The summed E-state index contributed by atoms with van der Waals surface area (Å²) in [5.41, 5.74) is 0.934. The van der Waals surface area contributed by atoms with Crippen LogP contribution in [0.2, 0.25) is 5.02 Å². The lowest BCUT2D eigenvalue weighted by molar-refractivity contribution is -0.118. The zero-order valence-corrected chi connectivity index (χ0v) is 16.1. The number of aromatic nitrogens is 3. The first-order valence-corrected chi connectivity index (χ1v) is 9.62. The van der Waals surface area contributed by atoms with Crippen LogP contribution in [-0.4, -0.2) is 51.5 Å². The predicted molar refractivity (Wildman–Crippen MR) is 100 cm³/mol. The summed E-state index contributed by atoms with van der Waals surface area (Å²) in [6, 6.07) is 8.01. The molecule has 0 saturated heterocycles. The number of amides is 1. The molecule has 1 amide bonds. The van der Waals surface area contributed by atoms with Crippen molar-refractivity contribution in [1.29, 1.82) is 0 Å². The molecule has 0 bridgehead atoms. The van der Waals surface area contributed by atoms with Crippen molar-refractivity contribution >= 4 is 29.3 Å². The van der Waals surface area contributed by atoms with Crippen molar-refractivity contribution in [2.75, 3.05) is 19.8 Å². The predicted octanol–water partition coefficient (Wildman–Crippen LogP) is 2.91. The van der Waals surface area contributed by atoms with E-state index in [2.05, 4.69) is 27.3 Å². The van der Waals surface area contributed by atoms with Gasteiger partial charge < -0.3 is 5.32 Å². The third-order valence-electron chi connectivity index (χ3n) is 4.17. The second kappa shape index (κ2) is 7.76. The van der Waals surface area contributed by atoms with Crippen molar-refractivity contribution < 1.29 is 4.79 Å². The number of nitrogens with zero attached hydrogens (tertiary/aromatic N) is 4. The molecule has 1 aliphatic rings. The summed E-state index contributed by atoms with van der Waals surface area (Å²) in [5.74, 6) is 1.20. The fourth-order valence-electron chi connectivity index (χ4n) is 2.34. The van der Waals surface area contributed by atoms with Crippen LogP contribution in [0, 0.1) is 0 Å². The Bertz CT molecular complexity index is 742. The van der Waals surface area contributed by atoms with E-state index < -0.39 is 0 Å². The van der Waals surface area contributed by atoms with Gasteiger partial charge in [0.2, 0.25) is 5.91 Å². The Morgan fingerprint density at radius 3 is 2.64 bits per heavy atom. The topological polar surface area (TPSA) is 63.1 Å². The first-order chi connectivity index (χ1) is 12.0. The minimum absolute atomic E-state index is 0.0420. The van der Waals surface area contributed by atoms with Gasteiger partial charge in [-0.15, -0.1) is 10.2 Å². The molecule has 8 heteroatoms. The van der Waals surface area contributed by atoms with Gasteiger partial charge in [0.25, 0.3) is 0 Å². The normalized spacial score (nSPS) is 15.4. The molecule has 25 heavy (non-hydrogen) atoms. The average molecular weight is 380 g/mol. The minimum atomic E-state index is 0.0420. The van der Waals surface area contributed by atoms with Gasteiger partial charge in [-0.05, 0) is 58.1 Å². The summed E-state index contributed by atoms with van der Waals surface area (Å²) in [5, 5.41) is 13.1. The molecule has 3 rings (SSSR count). The monoisotopic (exact) mass is 379 g/mol. The highest BCUT2D eigenvalue weighted by molar-refractivity contribution is 7.99. The quantitative estimate of drug-likeness (QED) is 0.749. The lowest BCUT2D eigenvalue weighted by atomic mass is 10.2. The lowest BCUT2D eigenvalue weighted by Crippen LogP contribution is -2.27. The molecule has 0 aliphatic heterocycles. The van der Waals surface area contributed by atoms with Crippen LogP contribution in [0.5, 0.6) is 0 Å². The third kappa shape index (κ3) is 4.54. The molecule has 1 saturated carbocycles. The molecule has 1 aromatic heterocycles. The summed E-state index contributed by atoms with van der Waals surface area (Å²) in [7, 11) is 4.00. The van der Waals surface area contributed by atoms with Crippen molar-refractivity contribution in [1.82, 2.24) is 25.0 Å². The van der Waals surface area contributed by atoms with Gasteiger partial charge in [-0.1, -0.05) is 23.4 Å². The number of benzene rings is 1. The molecule has 1 aliphatic carbocycles. The van der Waals surface area contributed by atoms with Gasteiger partial charge in [0.15, 0.2) is 11.0 Å². The summed E-state index contributed by atoms with van der Waals surface area (Å²) >= 11 is 7.42.